The highest BCUT2D eigenvalue weighted by molar-refractivity contribution is 9.10. The second kappa shape index (κ2) is 7.90. The molecule has 0 saturated heterocycles. The van der Waals surface area contributed by atoms with Gasteiger partial charge in [-0.1, -0.05) is 42.5 Å². The summed E-state index contributed by atoms with van der Waals surface area (Å²) in [6.07, 6.45) is 0. The summed E-state index contributed by atoms with van der Waals surface area (Å²) in [7, 11) is 3.27. The first-order valence-corrected chi connectivity index (χ1v) is 9.54. The number of aromatic nitrogens is 1. The Balaban J connectivity index is 1.97. The summed E-state index contributed by atoms with van der Waals surface area (Å²) in [4.78, 5) is 4.85. The Labute approximate surface area is 171 Å². The quantitative estimate of drug-likeness (QED) is 0.359. The molecule has 0 N–H and O–H groups in total. The molecule has 4 aromatic rings. The summed E-state index contributed by atoms with van der Waals surface area (Å²) >= 11 is 3.72. The van der Waals surface area contributed by atoms with Crippen LogP contribution in [0.5, 0.6) is 23.0 Å². The van der Waals surface area contributed by atoms with E-state index >= 15 is 0 Å². The maximum Gasteiger partial charge on any atom is 0.169 e. The van der Waals surface area contributed by atoms with E-state index in [0.717, 1.165) is 32.4 Å². The van der Waals surface area contributed by atoms with Crippen molar-refractivity contribution in [3.8, 4) is 34.3 Å². The summed E-state index contributed by atoms with van der Waals surface area (Å²) in [5.74, 6) is 2.68. The zero-order valence-electron chi connectivity index (χ0n) is 15.5. The molecule has 0 aliphatic rings. The summed E-state index contributed by atoms with van der Waals surface area (Å²) in [5.41, 5.74) is 2.62. The van der Waals surface area contributed by atoms with E-state index in [1.54, 1.807) is 14.2 Å². The monoisotopic (exact) mass is 435 g/mol. The molecular weight excluding hydrogens is 418 g/mol. The minimum absolute atomic E-state index is 0.625. The highest BCUT2D eigenvalue weighted by atomic mass is 79.9. The lowest BCUT2D eigenvalue weighted by Crippen LogP contribution is -1.96. The number of rotatable bonds is 5. The minimum atomic E-state index is 0.625. The Morgan fingerprint density at radius 1 is 0.786 bits per heavy atom. The van der Waals surface area contributed by atoms with Crippen LogP contribution >= 0.6 is 15.9 Å². The fourth-order valence-corrected chi connectivity index (χ4v) is 3.63. The van der Waals surface area contributed by atoms with E-state index in [-0.39, 0.29) is 0 Å². The molecule has 4 nitrogen and oxygen atoms in total. The van der Waals surface area contributed by atoms with Gasteiger partial charge < -0.3 is 14.2 Å². The number of pyridine rings is 1. The lowest BCUT2D eigenvalue weighted by Gasteiger charge is -2.16. The van der Waals surface area contributed by atoms with Gasteiger partial charge in [-0.25, -0.2) is 4.98 Å². The first kappa shape index (κ1) is 18.3. The molecule has 0 spiro atoms. The number of hydrogen-bond acceptors (Lipinski definition) is 4. The van der Waals surface area contributed by atoms with Crippen LogP contribution in [0, 0.1) is 0 Å². The molecule has 4 rings (SSSR count). The normalized spacial score (nSPS) is 10.7. The lowest BCUT2D eigenvalue weighted by atomic mass is 10.1. The lowest BCUT2D eigenvalue weighted by molar-refractivity contribution is 0.379. The van der Waals surface area contributed by atoms with Gasteiger partial charge in [0.05, 0.1) is 29.9 Å². The summed E-state index contributed by atoms with van der Waals surface area (Å²) in [6, 6.07) is 23.3. The highest BCUT2D eigenvalue weighted by Crippen LogP contribution is 2.44. The van der Waals surface area contributed by atoms with Crippen LogP contribution in [0.2, 0.25) is 0 Å². The van der Waals surface area contributed by atoms with Gasteiger partial charge in [0.15, 0.2) is 17.2 Å². The Kier molecular flexibility index (Phi) is 5.17. The largest absolute Gasteiger partial charge is 0.497 e. The molecule has 1 heterocycles. The van der Waals surface area contributed by atoms with Crippen molar-refractivity contribution < 1.29 is 14.2 Å². The molecule has 0 atom stereocenters. The molecule has 0 bridgehead atoms. The molecule has 0 aliphatic carbocycles. The Morgan fingerprint density at radius 3 is 2.21 bits per heavy atom. The molecule has 28 heavy (non-hydrogen) atoms. The van der Waals surface area contributed by atoms with Crippen molar-refractivity contribution in [1.29, 1.82) is 0 Å². The SMILES string of the molecule is COc1ccc2nc(-c3ccccc3)c(Br)c(Oc3ccccc3OC)c2c1. The Hall–Kier alpha value is -3.05. The number of hydrogen-bond donors (Lipinski definition) is 0. The zero-order chi connectivity index (χ0) is 19.5. The zero-order valence-corrected chi connectivity index (χ0v) is 17.1. The van der Waals surface area contributed by atoms with Crippen LogP contribution in [0.1, 0.15) is 0 Å². The molecule has 0 fully saturated rings. The third-order valence-electron chi connectivity index (χ3n) is 4.42. The second-order valence-corrected chi connectivity index (χ2v) is 6.90. The number of benzene rings is 3. The van der Waals surface area contributed by atoms with Gasteiger partial charge in [0.1, 0.15) is 5.75 Å². The van der Waals surface area contributed by atoms with Crippen molar-refractivity contribution in [3.05, 3.63) is 77.3 Å². The van der Waals surface area contributed by atoms with Crippen LogP contribution in [-0.2, 0) is 0 Å². The van der Waals surface area contributed by atoms with Crippen LogP contribution in [0.3, 0.4) is 0 Å². The summed E-state index contributed by atoms with van der Waals surface area (Å²) in [6.45, 7) is 0. The van der Waals surface area contributed by atoms with Crippen molar-refractivity contribution >= 4 is 26.8 Å². The molecule has 0 aliphatic heterocycles. The molecule has 140 valence electrons. The number of fused-ring (bicyclic) bond motifs is 1. The maximum atomic E-state index is 6.34. The van der Waals surface area contributed by atoms with E-state index < -0.39 is 0 Å². The van der Waals surface area contributed by atoms with E-state index in [1.807, 2.05) is 72.8 Å². The van der Waals surface area contributed by atoms with E-state index in [2.05, 4.69) is 15.9 Å². The Morgan fingerprint density at radius 2 is 1.50 bits per heavy atom. The van der Waals surface area contributed by atoms with Crippen LogP contribution < -0.4 is 14.2 Å². The maximum absolute atomic E-state index is 6.34. The van der Waals surface area contributed by atoms with Crippen molar-refractivity contribution in [3.63, 3.8) is 0 Å². The van der Waals surface area contributed by atoms with Gasteiger partial charge >= 0.3 is 0 Å². The van der Waals surface area contributed by atoms with E-state index in [9.17, 15) is 0 Å². The first-order valence-electron chi connectivity index (χ1n) is 8.75. The molecule has 0 radical (unpaired) electrons. The van der Waals surface area contributed by atoms with Crippen molar-refractivity contribution in [2.75, 3.05) is 14.2 Å². The molecule has 0 amide bonds. The minimum Gasteiger partial charge on any atom is -0.497 e. The van der Waals surface area contributed by atoms with Gasteiger partial charge in [-0.05, 0) is 46.3 Å². The molecule has 1 aromatic heterocycles. The van der Waals surface area contributed by atoms with Crippen molar-refractivity contribution in [2.24, 2.45) is 0 Å². The summed E-state index contributed by atoms with van der Waals surface area (Å²) in [5, 5.41) is 0.844. The average Bonchev–Trinajstić information content (AvgIpc) is 2.76. The van der Waals surface area contributed by atoms with Gasteiger partial charge in [0, 0.05) is 10.9 Å². The van der Waals surface area contributed by atoms with Gasteiger partial charge in [-0.2, -0.15) is 0 Å². The van der Waals surface area contributed by atoms with Gasteiger partial charge in [-0.3, -0.25) is 0 Å². The van der Waals surface area contributed by atoms with Gasteiger partial charge in [-0.15, -0.1) is 0 Å². The second-order valence-electron chi connectivity index (χ2n) is 6.11. The summed E-state index contributed by atoms with van der Waals surface area (Å²) < 4.78 is 18.0. The van der Waals surface area contributed by atoms with Crippen LogP contribution in [0.15, 0.2) is 77.3 Å². The van der Waals surface area contributed by atoms with Crippen molar-refractivity contribution in [2.45, 2.75) is 0 Å². The van der Waals surface area contributed by atoms with Crippen LogP contribution in [0.4, 0.5) is 0 Å². The van der Waals surface area contributed by atoms with Gasteiger partial charge in [0.2, 0.25) is 0 Å². The molecule has 5 heteroatoms. The number of para-hydroxylation sites is 2. The molecule has 3 aromatic carbocycles. The van der Waals surface area contributed by atoms with Gasteiger partial charge in [0.25, 0.3) is 0 Å². The van der Waals surface area contributed by atoms with E-state index in [4.69, 9.17) is 19.2 Å². The topological polar surface area (TPSA) is 40.6 Å². The third kappa shape index (κ3) is 3.41. The van der Waals surface area contributed by atoms with E-state index in [0.29, 0.717) is 17.2 Å². The molecule has 0 saturated carbocycles. The van der Waals surface area contributed by atoms with Crippen LogP contribution in [-0.4, -0.2) is 19.2 Å². The third-order valence-corrected chi connectivity index (χ3v) is 5.15. The number of halogens is 1. The predicted molar refractivity (Wildman–Crippen MR) is 114 cm³/mol. The Bertz CT molecular complexity index is 1130. The van der Waals surface area contributed by atoms with Crippen molar-refractivity contribution in [1.82, 2.24) is 4.98 Å². The number of methoxy groups -OCH3 is 2. The first-order chi connectivity index (χ1) is 13.7. The fraction of sp³-hybridized carbons (Fsp3) is 0.0870. The predicted octanol–water partition coefficient (Wildman–Crippen LogP) is 6.47. The number of nitrogens with zero attached hydrogens (tertiary/aromatic N) is 1. The molecule has 0 unspecified atom stereocenters. The average molecular weight is 436 g/mol. The number of ether oxygens (including phenoxy) is 3. The standard InChI is InChI=1S/C23H18BrNO3/c1-26-16-12-13-18-17(14-16)23(28-20-11-7-6-10-19(20)27-2)21(24)22(25-18)15-8-4-3-5-9-15/h3-14H,1-2H3. The van der Waals surface area contributed by atoms with Crippen LogP contribution in [0.25, 0.3) is 22.2 Å². The molecular formula is C23H18BrNO3. The smallest absolute Gasteiger partial charge is 0.169 e. The highest BCUT2D eigenvalue weighted by Gasteiger charge is 2.18. The fourth-order valence-electron chi connectivity index (χ4n) is 3.02. The van der Waals surface area contributed by atoms with E-state index in [1.165, 1.54) is 0 Å².